The molecule has 166 valence electrons. The van der Waals surface area contributed by atoms with Gasteiger partial charge in [-0.3, -0.25) is 14.9 Å². The van der Waals surface area contributed by atoms with E-state index in [-0.39, 0.29) is 17.7 Å². The molecule has 8 nitrogen and oxygen atoms in total. The number of benzene rings is 1. The first-order valence-corrected chi connectivity index (χ1v) is 11.7. The van der Waals surface area contributed by atoms with E-state index in [1.807, 2.05) is 4.90 Å². The summed E-state index contributed by atoms with van der Waals surface area (Å²) >= 11 is 1.29. The van der Waals surface area contributed by atoms with E-state index < -0.39 is 0 Å². The predicted molar refractivity (Wildman–Crippen MR) is 124 cm³/mol. The van der Waals surface area contributed by atoms with Crippen LogP contribution in [-0.2, 0) is 9.59 Å². The summed E-state index contributed by atoms with van der Waals surface area (Å²) in [4.78, 5) is 35.2. The Bertz CT molecular complexity index is 945. The fourth-order valence-corrected chi connectivity index (χ4v) is 5.14. The standard InChI is InChI=1S/C22H30N6O2S/c1-15-4-5-19(16(2)14-15)26-10-12-27(13-11-26)20(30)18-6-8-28(9-7-18)22-24-21(25-31-22)23-17(3)29/h4-5,14,18H,6-13H2,1-3H3,(H,23,25,29). The summed E-state index contributed by atoms with van der Waals surface area (Å²) < 4.78 is 4.18. The van der Waals surface area contributed by atoms with Gasteiger partial charge in [-0.2, -0.15) is 9.36 Å². The maximum absolute atomic E-state index is 13.1. The number of amides is 2. The van der Waals surface area contributed by atoms with Gasteiger partial charge in [-0.05, 0) is 38.3 Å². The monoisotopic (exact) mass is 442 g/mol. The molecule has 2 saturated heterocycles. The third-order valence-electron chi connectivity index (χ3n) is 6.10. The topological polar surface area (TPSA) is 81.7 Å². The maximum Gasteiger partial charge on any atom is 0.243 e. The lowest BCUT2D eigenvalue weighted by Gasteiger charge is -2.39. The fourth-order valence-electron chi connectivity index (χ4n) is 4.46. The summed E-state index contributed by atoms with van der Waals surface area (Å²) in [6.45, 7) is 10.6. The maximum atomic E-state index is 13.1. The van der Waals surface area contributed by atoms with Crippen LogP contribution in [0, 0.1) is 19.8 Å². The van der Waals surface area contributed by atoms with Gasteiger partial charge in [0.1, 0.15) is 0 Å². The van der Waals surface area contributed by atoms with E-state index in [1.165, 1.54) is 35.3 Å². The number of hydrogen-bond acceptors (Lipinski definition) is 7. The molecule has 0 aliphatic carbocycles. The van der Waals surface area contributed by atoms with Crippen molar-refractivity contribution in [2.45, 2.75) is 33.6 Å². The van der Waals surface area contributed by atoms with Crippen LogP contribution in [0.4, 0.5) is 16.8 Å². The summed E-state index contributed by atoms with van der Waals surface area (Å²) in [5.74, 6) is 0.543. The number of hydrogen-bond donors (Lipinski definition) is 1. The zero-order valence-electron chi connectivity index (χ0n) is 18.4. The van der Waals surface area contributed by atoms with E-state index in [4.69, 9.17) is 0 Å². The number of aryl methyl sites for hydroxylation is 2. The molecule has 31 heavy (non-hydrogen) atoms. The molecule has 1 N–H and O–H groups in total. The number of anilines is 3. The Hall–Kier alpha value is -2.68. The van der Waals surface area contributed by atoms with Gasteiger partial charge in [0.2, 0.25) is 22.9 Å². The first-order chi connectivity index (χ1) is 14.9. The van der Waals surface area contributed by atoms with E-state index in [1.54, 1.807) is 0 Å². The average molecular weight is 443 g/mol. The number of nitrogens with one attached hydrogen (secondary N) is 1. The average Bonchev–Trinajstić information content (AvgIpc) is 3.21. The van der Waals surface area contributed by atoms with Gasteiger partial charge in [-0.15, -0.1) is 0 Å². The van der Waals surface area contributed by atoms with Crippen molar-refractivity contribution < 1.29 is 9.59 Å². The van der Waals surface area contributed by atoms with Gasteiger partial charge < -0.3 is 14.7 Å². The molecule has 2 fully saturated rings. The van der Waals surface area contributed by atoms with Crippen LogP contribution < -0.4 is 15.1 Å². The highest BCUT2D eigenvalue weighted by Crippen LogP contribution is 2.28. The molecule has 0 bridgehead atoms. The van der Waals surface area contributed by atoms with Crippen molar-refractivity contribution in [3.63, 3.8) is 0 Å². The Balaban J connectivity index is 1.27. The molecule has 2 aliphatic heterocycles. The Morgan fingerprint density at radius 2 is 1.74 bits per heavy atom. The van der Waals surface area contributed by atoms with Crippen molar-refractivity contribution >= 4 is 40.1 Å². The number of carbonyl (C=O) groups excluding carboxylic acids is 2. The zero-order chi connectivity index (χ0) is 22.0. The van der Waals surface area contributed by atoms with E-state index in [9.17, 15) is 9.59 Å². The van der Waals surface area contributed by atoms with Gasteiger partial charge in [-0.1, -0.05) is 17.7 Å². The van der Waals surface area contributed by atoms with E-state index in [0.717, 1.165) is 57.2 Å². The van der Waals surface area contributed by atoms with Crippen molar-refractivity contribution in [1.82, 2.24) is 14.3 Å². The highest BCUT2D eigenvalue weighted by atomic mass is 32.1. The minimum Gasteiger partial charge on any atom is -0.368 e. The molecule has 0 radical (unpaired) electrons. The van der Waals surface area contributed by atoms with Gasteiger partial charge >= 0.3 is 0 Å². The second kappa shape index (κ2) is 9.21. The lowest BCUT2D eigenvalue weighted by molar-refractivity contribution is -0.136. The van der Waals surface area contributed by atoms with Gasteiger partial charge in [0, 0.05) is 69.3 Å². The summed E-state index contributed by atoms with van der Waals surface area (Å²) in [5, 5.41) is 3.42. The smallest absolute Gasteiger partial charge is 0.243 e. The van der Waals surface area contributed by atoms with Crippen molar-refractivity contribution in [2.75, 3.05) is 54.4 Å². The van der Waals surface area contributed by atoms with Crippen LogP contribution in [0.3, 0.4) is 0 Å². The number of aromatic nitrogens is 2. The number of piperazine rings is 1. The van der Waals surface area contributed by atoms with E-state index >= 15 is 0 Å². The Labute approximate surface area is 187 Å². The molecule has 1 aromatic heterocycles. The third-order valence-corrected chi connectivity index (χ3v) is 6.88. The normalized spacial score (nSPS) is 17.7. The first-order valence-electron chi connectivity index (χ1n) is 10.9. The minimum atomic E-state index is -0.175. The molecule has 0 atom stereocenters. The highest BCUT2D eigenvalue weighted by Gasteiger charge is 2.31. The molecular weight excluding hydrogens is 412 g/mol. The van der Waals surface area contributed by atoms with Crippen LogP contribution in [0.15, 0.2) is 18.2 Å². The molecule has 2 aliphatic rings. The SMILES string of the molecule is CC(=O)Nc1nsc(N2CCC(C(=O)N3CCN(c4ccc(C)cc4C)CC3)CC2)n1. The number of rotatable bonds is 4. The molecule has 0 unspecified atom stereocenters. The zero-order valence-corrected chi connectivity index (χ0v) is 19.2. The summed E-state index contributed by atoms with van der Waals surface area (Å²) in [7, 11) is 0. The van der Waals surface area contributed by atoms with Crippen molar-refractivity contribution in [3.8, 4) is 0 Å². The largest absolute Gasteiger partial charge is 0.368 e. The van der Waals surface area contributed by atoms with E-state index in [0.29, 0.717) is 5.95 Å². The molecule has 9 heteroatoms. The van der Waals surface area contributed by atoms with Crippen molar-refractivity contribution in [1.29, 1.82) is 0 Å². The summed E-state index contributed by atoms with van der Waals surface area (Å²) in [6, 6.07) is 6.57. The molecule has 0 saturated carbocycles. The molecule has 2 aromatic rings. The van der Waals surface area contributed by atoms with E-state index in [2.05, 4.69) is 56.5 Å². The first kappa shape index (κ1) is 21.5. The number of nitrogens with zero attached hydrogens (tertiary/aromatic N) is 5. The molecule has 3 heterocycles. The number of piperidine rings is 1. The Morgan fingerprint density at radius 3 is 2.39 bits per heavy atom. The van der Waals surface area contributed by atoms with Gasteiger partial charge in [0.15, 0.2) is 0 Å². The third kappa shape index (κ3) is 4.98. The van der Waals surface area contributed by atoms with Crippen LogP contribution in [0.2, 0.25) is 0 Å². The van der Waals surface area contributed by atoms with Crippen molar-refractivity contribution in [3.05, 3.63) is 29.3 Å². The molecule has 2 amide bonds. The summed E-state index contributed by atoms with van der Waals surface area (Å²) in [5.41, 5.74) is 3.86. The summed E-state index contributed by atoms with van der Waals surface area (Å²) in [6.07, 6.45) is 1.65. The Kier molecular flexibility index (Phi) is 6.41. The fraction of sp³-hybridized carbons (Fsp3) is 0.545. The van der Waals surface area contributed by atoms with Crippen LogP contribution in [-0.4, -0.2) is 65.3 Å². The lowest BCUT2D eigenvalue weighted by Crippen LogP contribution is -2.51. The molecule has 0 spiro atoms. The Morgan fingerprint density at radius 1 is 1.03 bits per heavy atom. The quantitative estimate of drug-likeness (QED) is 0.784. The molecular formula is C22H30N6O2S. The predicted octanol–water partition coefficient (Wildman–Crippen LogP) is 2.68. The number of carbonyl (C=O) groups is 2. The van der Waals surface area contributed by atoms with Crippen molar-refractivity contribution in [2.24, 2.45) is 5.92 Å². The van der Waals surface area contributed by atoms with Gasteiger partial charge in [0.05, 0.1) is 0 Å². The van der Waals surface area contributed by atoms with Crippen LogP contribution in [0.1, 0.15) is 30.9 Å². The lowest BCUT2D eigenvalue weighted by atomic mass is 9.95. The van der Waals surface area contributed by atoms with Crippen LogP contribution in [0.5, 0.6) is 0 Å². The molecule has 4 rings (SSSR count). The van der Waals surface area contributed by atoms with Crippen LogP contribution in [0.25, 0.3) is 0 Å². The second-order valence-electron chi connectivity index (χ2n) is 8.45. The molecule has 1 aromatic carbocycles. The van der Waals surface area contributed by atoms with Gasteiger partial charge in [-0.25, -0.2) is 0 Å². The highest BCUT2D eigenvalue weighted by molar-refractivity contribution is 7.09. The van der Waals surface area contributed by atoms with Crippen LogP contribution >= 0.6 is 11.5 Å². The second-order valence-corrected chi connectivity index (χ2v) is 9.18. The van der Waals surface area contributed by atoms with Gasteiger partial charge in [0.25, 0.3) is 0 Å². The minimum absolute atomic E-state index is 0.0756.